The van der Waals surface area contributed by atoms with Crippen LogP contribution >= 0.6 is 0 Å². The zero-order valence-electron chi connectivity index (χ0n) is 18.9. The van der Waals surface area contributed by atoms with Crippen molar-refractivity contribution in [3.05, 3.63) is 90.0 Å². The fourth-order valence-electron chi connectivity index (χ4n) is 3.36. The summed E-state index contributed by atoms with van der Waals surface area (Å²) in [5, 5.41) is 2.88. The van der Waals surface area contributed by atoms with Gasteiger partial charge in [0.1, 0.15) is 11.5 Å². The van der Waals surface area contributed by atoms with E-state index in [2.05, 4.69) is 55.6 Å². The van der Waals surface area contributed by atoms with E-state index in [1.165, 1.54) is 11.1 Å². The molecule has 4 nitrogen and oxygen atoms in total. The molecule has 162 valence electrons. The SMILES string of the molecule is CC(C)Oc1ccc(NC(=O)C(C)Oc2ccc(C(C)(C)c3ccccc3)cc2)cc1. The Bertz CT molecular complexity index is 977. The lowest BCUT2D eigenvalue weighted by atomic mass is 9.78. The van der Waals surface area contributed by atoms with Crippen molar-refractivity contribution < 1.29 is 14.3 Å². The maximum Gasteiger partial charge on any atom is 0.265 e. The molecule has 0 fully saturated rings. The second-order valence-electron chi connectivity index (χ2n) is 8.46. The van der Waals surface area contributed by atoms with Crippen LogP contribution in [0, 0.1) is 0 Å². The highest BCUT2D eigenvalue weighted by Gasteiger charge is 2.23. The van der Waals surface area contributed by atoms with Crippen LogP contribution in [0.4, 0.5) is 5.69 Å². The first-order valence-corrected chi connectivity index (χ1v) is 10.7. The Morgan fingerprint density at radius 1 is 0.742 bits per heavy atom. The van der Waals surface area contributed by atoms with Gasteiger partial charge in [-0.25, -0.2) is 0 Å². The van der Waals surface area contributed by atoms with E-state index in [0.29, 0.717) is 11.4 Å². The normalized spacial score (nSPS) is 12.3. The molecule has 4 heteroatoms. The van der Waals surface area contributed by atoms with Gasteiger partial charge < -0.3 is 14.8 Å². The van der Waals surface area contributed by atoms with Crippen LogP contribution in [-0.2, 0) is 10.2 Å². The minimum absolute atomic E-state index is 0.110. The molecule has 3 aromatic rings. The Morgan fingerprint density at radius 3 is 1.84 bits per heavy atom. The molecule has 31 heavy (non-hydrogen) atoms. The molecule has 1 N–H and O–H groups in total. The predicted molar refractivity (Wildman–Crippen MR) is 126 cm³/mol. The third kappa shape index (κ3) is 5.88. The van der Waals surface area contributed by atoms with Crippen LogP contribution in [0.1, 0.15) is 45.7 Å². The minimum atomic E-state index is -0.625. The molecule has 0 spiro atoms. The van der Waals surface area contributed by atoms with Crippen LogP contribution in [0.5, 0.6) is 11.5 Å². The van der Waals surface area contributed by atoms with Gasteiger partial charge >= 0.3 is 0 Å². The van der Waals surface area contributed by atoms with Crippen molar-refractivity contribution in [2.75, 3.05) is 5.32 Å². The van der Waals surface area contributed by atoms with E-state index in [9.17, 15) is 4.79 Å². The molecule has 0 saturated heterocycles. The second kappa shape index (κ2) is 9.69. The summed E-state index contributed by atoms with van der Waals surface area (Å²) >= 11 is 0. The van der Waals surface area contributed by atoms with Crippen LogP contribution in [0.25, 0.3) is 0 Å². The van der Waals surface area contributed by atoms with Crippen LogP contribution in [0.15, 0.2) is 78.9 Å². The number of anilines is 1. The lowest BCUT2D eigenvalue weighted by Crippen LogP contribution is -2.30. The number of hydrogen-bond donors (Lipinski definition) is 1. The number of carbonyl (C=O) groups excluding carboxylic acids is 1. The number of amides is 1. The Balaban J connectivity index is 1.60. The average molecular weight is 418 g/mol. The highest BCUT2D eigenvalue weighted by molar-refractivity contribution is 5.94. The Hall–Kier alpha value is -3.27. The lowest BCUT2D eigenvalue weighted by molar-refractivity contribution is -0.122. The third-order valence-electron chi connectivity index (χ3n) is 5.25. The molecule has 0 heterocycles. The van der Waals surface area contributed by atoms with Gasteiger partial charge in [0, 0.05) is 11.1 Å². The third-order valence-corrected chi connectivity index (χ3v) is 5.25. The largest absolute Gasteiger partial charge is 0.491 e. The number of ether oxygens (including phenoxy) is 2. The van der Waals surface area contributed by atoms with Crippen molar-refractivity contribution >= 4 is 11.6 Å². The lowest BCUT2D eigenvalue weighted by Gasteiger charge is -2.26. The molecular weight excluding hydrogens is 386 g/mol. The van der Waals surface area contributed by atoms with E-state index in [-0.39, 0.29) is 17.4 Å². The van der Waals surface area contributed by atoms with E-state index < -0.39 is 6.10 Å². The molecule has 0 aliphatic carbocycles. The summed E-state index contributed by atoms with van der Waals surface area (Å²) < 4.78 is 11.5. The number of carbonyl (C=O) groups is 1. The molecule has 3 rings (SSSR count). The predicted octanol–water partition coefficient (Wildman–Crippen LogP) is 6.21. The van der Waals surface area contributed by atoms with E-state index in [1.807, 2.05) is 56.3 Å². The number of rotatable bonds is 8. The molecule has 3 aromatic carbocycles. The molecule has 1 amide bonds. The van der Waals surface area contributed by atoms with Crippen molar-refractivity contribution in [3.63, 3.8) is 0 Å². The zero-order valence-corrected chi connectivity index (χ0v) is 18.9. The average Bonchev–Trinajstić information content (AvgIpc) is 2.75. The first kappa shape index (κ1) is 22.4. The van der Waals surface area contributed by atoms with Gasteiger partial charge in [-0.15, -0.1) is 0 Å². The molecule has 0 radical (unpaired) electrons. The summed E-state index contributed by atoms with van der Waals surface area (Å²) in [6.45, 7) is 10.1. The molecule has 0 aliphatic heterocycles. The molecule has 1 atom stereocenters. The maximum absolute atomic E-state index is 12.5. The van der Waals surface area contributed by atoms with Gasteiger partial charge in [0.2, 0.25) is 0 Å². The summed E-state index contributed by atoms with van der Waals surface area (Å²) in [4.78, 5) is 12.5. The van der Waals surface area contributed by atoms with Crippen LogP contribution < -0.4 is 14.8 Å². The standard InChI is InChI=1S/C27H31NO3/c1-19(2)30-24-17-13-23(14-18-24)28-26(29)20(3)31-25-15-11-22(12-16-25)27(4,5)21-9-7-6-8-10-21/h6-20H,1-5H3,(H,28,29). The van der Waals surface area contributed by atoms with Crippen LogP contribution in [-0.4, -0.2) is 18.1 Å². The van der Waals surface area contributed by atoms with Crippen molar-refractivity contribution in [2.24, 2.45) is 0 Å². The fraction of sp³-hybridized carbons (Fsp3) is 0.296. The Kier molecular flexibility index (Phi) is 7.01. The Morgan fingerprint density at radius 2 is 1.26 bits per heavy atom. The highest BCUT2D eigenvalue weighted by atomic mass is 16.5. The number of nitrogens with one attached hydrogen (secondary N) is 1. The quantitative estimate of drug-likeness (QED) is 0.474. The maximum atomic E-state index is 12.5. The molecule has 0 aromatic heterocycles. The summed E-state index contributed by atoms with van der Waals surface area (Å²) in [5.74, 6) is 1.23. The van der Waals surface area contributed by atoms with Gasteiger partial charge in [-0.1, -0.05) is 56.3 Å². The van der Waals surface area contributed by atoms with E-state index in [0.717, 1.165) is 5.75 Å². The van der Waals surface area contributed by atoms with E-state index >= 15 is 0 Å². The number of hydrogen-bond acceptors (Lipinski definition) is 3. The van der Waals surface area contributed by atoms with Gasteiger partial charge in [-0.05, 0) is 68.3 Å². The monoisotopic (exact) mass is 417 g/mol. The second-order valence-corrected chi connectivity index (χ2v) is 8.46. The smallest absolute Gasteiger partial charge is 0.265 e. The van der Waals surface area contributed by atoms with E-state index in [1.54, 1.807) is 6.92 Å². The van der Waals surface area contributed by atoms with Crippen LogP contribution in [0.3, 0.4) is 0 Å². The topological polar surface area (TPSA) is 47.6 Å². The van der Waals surface area contributed by atoms with Gasteiger partial charge in [0.15, 0.2) is 6.10 Å². The zero-order chi connectivity index (χ0) is 22.4. The van der Waals surface area contributed by atoms with Gasteiger partial charge in [0.25, 0.3) is 5.91 Å². The van der Waals surface area contributed by atoms with Crippen molar-refractivity contribution in [2.45, 2.75) is 52.2 Å². The molecule has 0 saturated carbocycles. The van der Waals surface area contributed by atoms with Gasteiger partial charge in [-0.3, -0.25) is 4.79 Å². The van der Waals surface area contributed by atoms with Crippen molar-refractivity contribution in [1.29, 1.82) is 0 Å². The van der Waals surface area contributed by atoms with Crippen LogP contribution in [0.2, 0.25) is 0 Å². The first-order valence-electron chi connectivity index (χ1n) is 10.7. The fourth-order valence-corrected chi connectivity index (χ4v) is 3.36. The van der Waals surface area contributed by atoms with Crippen molar-refractivity contribution in [1.82, 2.24) is 0 Å². The highest BCUT2D eigenvalue weighted by Crippen LogP contribution is 2.32. The number of benzene rings is 3. The van der Waals surface area contributed by atoms with Gasteiger partial charge in [-0.2, -0.15) is 0 Å². The van der Waals surface area contributed by atoms with Crippen molar-refractivity contribution in [3.8, 4) is 11.5 Å². The first-order chi connectivity index (χ1) is 14.8. The molecular formula is C27H31NO3. The Labute approximate surface area is 185 Å². The van der Waals surface area contributed by atoms with E-state index in [4.69, 9.17) is 9.47 Å². The summed E-state index contributed by atoms with van der Waals surface area (Å²) in [5.41, 5.74) is 3.03. The molecule has 0 aliphatic rings. The molecule has 0 bridgehead atoms. The minimum Gasteiger partial charge on any atom is -0.491 e. The summed E-state index contributed by atoms with van der Waals surface area (Å²) in [7, 11) is 0. The summed E-state index contributed by atoms with van der Waals surface area (Å²) in [6.07, 6.45) is -0.516. The van der Waals surface area contributed by atoms with Gasteiger partial charge in [0.05, 0.1) is 6.10 Å². The molecule has 1 unspecified atom stereocenters. The summed E-state index contributed by atoms with van der Waals surface area (Å²) in [6, 6.07) is 25.7.